The molecule has 6 heteroatoms. The number of ether oxygens (including phenoxy) is 1. The molecule has 144 valence electrons. The van der Waals surface area contributed by atoms with E-state index in [4.69, 9.17) is 9.84 Å². The Kier molecular flexibility index (Phi) is 5.64. The molecule has 2 N–H and O–H groups in total. The van der Waals surface area contributed by atoms with Crippen molar-refractivity contribution in [3.05, 3.63) is 23.3 Å². The summed E-state index contributed by atoms with van der Waals surface area (Å²) < 4.78 is 5.49. The van der Waals surface area contributed by atoms with Gasteiger partial charge in [-0.1, -0.05) is 31.6 Å². The second-order valence-electron chi connectivity index (χ2n) is 8.03. The molecule has 0 amide bonds. The van der Waals surface area contributed by atoms with E-state index in [-0.39, 0.29) is 36.2 Å². The van der Waals surface area contributed by atoms with Crippen molar-refractivity contribution in [3.8, 4) is 0 Å². The number of hydrogen-bond acceptors (Lipinski definition) is 4. The number of carbonyl (C=O) groups excluding carboxylic acids is 1. The van der Waals surface area contributed by atoms with E-state index in [1.807, 2.05) is 6.92 Å². The Balaban J connectivity index is 2.34. The van der Waals surface area contributed by atoms with Crippen LogP contribution in [0.15, 0.2) is 23.3 Å². The van der Waals surface area contributed by atoms with Gasteiger partial charge in [0.2, 0.25) is 0 Å². The van der Waals surface area contributed by atoms with Crippen LogP contribution in [0.1, 0.15) is 53.4 Å². The summed E-state index contributed by atoms with van der Waals surface area (Å²) in [4.78, 5) is 34.8. The zero-order valence-corrected chi connectivity index (χ0v) is 15.9. The van der Waals surface area contributed by atoms with Gasteiger partial charge in [0.25, 0.3) is 0 Å². The van der Waals surface area contributed by atoms with Gasteiger partial charge in [-0.25, -0.2) is 4.79 Å². The highest BCUT2D eigenvalue weighted by Crippen LogP contribution is 2.57. The fraction of sp³-hybridized carbons (Fsp3) is 0.650. The lowest BCUT2D eigenvalue weighted by molar-refractivity contribution is -0.144. The van der Waals surface area contributed by atoms with Crippen molar-refractivity contribution in [1.82, 2.24) is 0 Å². The van der Waals surface area contributed by atoms with Crippen LogP contribution in [0.3, 0.4) is 0 Å². The number of aliphatic carboxylic acids is 2. The van der Waals surface area contributed by atoms with Crippen LogP contribution >= 0.6 is 0 Å². The molecule has 1 aliphatic carbocycles. The zero-order chi connectivity index (χ0) is 19.8. The van der Waals surface area contributed by atoms with E-state index in [1.165, 1.54) is 0 Å². The van der Waals surface area contributed by atoms with E-state index in [2.05, 4.69) is 6.58 Å². The smallest absolute Gasteiger partial charge is 0.331 e. The Morgan fingerprint density at radius 2 is 1.92 bits per heavy atom. The summed E-state index contributed by atoms with van der Waals surface area (Å²) in [5.41, 5.74) is 1.32. The molecule has 1 saturated carbocycles. The normalized spacial score (nSPS) is 34.8. The molecule has 5 unspecified atom stereocenters. The van der Waals surface area contributed by atoms with Crippen molar-refractivity contribution in [3.63, 3.8) is 0 Å². The topological polar surface area (TPSA) is 101 Å². The molecule has 1 saturated heterocycles. The van der Waals surface area contributed by atoms with E-state index in [0.29, 0.717) is 24.8 Å². The van der Waals surface area contributed by atoms with E-state index in [0.717, 1.165) is 11.1 Å². The molecule has 1 heterocycles. The van der Waals surface area contributed by atoms with Gasteiger partial charge in [0.1, 0.15) is 6.10 Å². The molecule has 0 aromatic heterocycles. The van der Waals surface area contributed by atoms with Gasteiger partial charge in [-0.05, 0) is 38.0 Å². The standard InChI is InChI=1S/C20H28O6/c1-10(12(3)18(23)24)6-7-14-11(2)8-15-17(13(4)19(25)26-15)20(14,5)9-16(21)22/h13-15,17H,2,6-9H2,1,3-5H3,(H,21,22)(H,23,24). The van der Waals surface area contributed by atoms with Gasteiger partial charge in [-0.3, -0.25) is 9.59 Å². The fourth-order valence-corrected chi connectivity index (χ4v) is 4.89. The van der Waals surface area contributed by atoms with Crippen molar-refractivity contribution in [2.75, 3.05) is 0 Å². The van der Waals surface area contributed by atoms with Crippen LogP contribution in [0.4, 0.5) is 0 Å². The Morgan fingerprint density at radius 3 is 2.46 bits per heavy atom. The molecule has 1 aliphatic heterocycles. The highest BCUT2D eigenvalue weighted by molar-refractivity contribution is 5.86. The van der Waals surface area contributed by atoms with E-state index in [1.54, 1.807) is 20.8 Å². The van der Waals surface area contributed by atoms with Gasteiger partial charge >= 0.3 is 17.9 Å². The second kappa shape index (κ2) is 7.25. The summed E-state index contributed by atoms with van der Waals surface area (Å²) in [5.74, 6) is -2.76. The van der Waals surface area contributed by atoms with Crippen LogP contribution in [-0.4, -0.2) is 34.2 Å². The van der Waals surface area contributed by atoms with Crippen LogP contribution in [0, 0.1) is 23.2 Å². The maximum atomic E-state index is 12.1. The summed E-state index contributed by atoms with van der Waals surface area (Å²) in [6.07, 6.45) is 1.32. The lowest BCUT2D eigenvalue weighted by Crippen LogP contribution is -2.48. The van der Waals surface area contributed by atoms with Gasteiger partial charge in [0.15, 0.2) is 0 Å². The van der Waals surface area contributed by atoms with Gasteiger partial charge in [-0.15, -0.1) is 0 Å². The first-order valence-corrected chi connectivity index (χ1v) is 8.98. The highest BCUT2D eigenvalue weighted by atomic mass is 16.6. The first-order chi connectivity index (χ1) is 12.0. The molecule has 0 aromatic rings. The Hall–Kier alpha value is -2.11. The summed E-state index contributed by atoms with van der Waals surface area (Å²) in [7, 11) is 0. The molecule has 0 bridgehead atoms. The fourth-order valence-electron chi connectivity index (χ4n) is 4.89. The Morgan fingerprint density at radius 1 is 1.31 bits per heavy atom. The van der Waals surface area contributed by atoms with Gasteiger partial charge in [0.05, 0.1) is 12.3 Å². The number of carboxylic acids is 2. The second-order valence-corrected chi connectivity index (χ2v) is 8.03. The molecule has 0 spiro atoms. The third-order valence-corrected chi connectivity index (χ3v) is 6.39. The van der Waals surface area contributed by atoms with Gasteiger partial charge in [0, 0.05) is 17.9 Å². The molecule has 2 rings (SSSR count). The number of carbonyl (C=O) groups is 3. The molecule has 5 atom stereocenters. The van der Waals surface area contributed by atoms with Gasteiger partial charge in [-0.2, -0.15) is 0 Å². The Labute approximate surface area is 153 Å². The monoisotopic (exact) mass is 364 g/mol. The third kappa shape index (κ3) is 3.55. The van der Waals surface area contributed by atoms with Gasteiger partial charge < -0.3 is 14.9 Å². The van der Waals surface area contributed by atoms with E-state index < -0.39 is 17.4 Å². The summed E-state index contributed by atoms with van der Waals surface area (Å²) in [5, 5.41) is 18.6. The number of esters is 1. The first-order valence-electron chi connectivity index (χ1n) is 8.98. The minimum absolute atomic E-state index is 0.0699. The minimum atomic E-state index is -0.943. The SMILES string of the molecule is C=C1CC2OC(=O)C(C)C2C(C)(CC(=O)O)C1CCC(C)=C(C)C(=O)O. The van der Waals surface area contributed by atoms with Crippen LogP contribution < -0.4 is 0 Å². The first kappa shape index (κ1) is 20.2. The lowest BCUT2D eigenvalue weighted by Gasteiger charge is -2.49. The zero-order valence-electron chi connectivity index (χ0n) is 15.9. The molecule has 26 heavy (non-hydrogen) atoms. The molecular weight excluding hydrogens is 336 g/mol. The molecule has 0 radical (unpaired) electrons. The number of allylic oxidation sites excluding steroid dienone is 1. The molecule has 2 aliphatic rings. The van der Waals surface area contributed by atoms with Crippen LogP contribution in [0.5, 0.6) is 0 Å². The largest absolute Gasteiger partial charge is 0.481 e. The van der Waals surface area contributed by atoms with Crippen LogP contribution in [-0.2, 0) is 19.1 Å². The van der Waals surface area contributed by atoms with E-state index in [9.17, 15) is 19.5 Å². The molecule has 6 nitrogen and oxygen atoms in total. The van der Waals surface area contributed by atoms with E-state index >= 15 is 0 Å². The maximum Gasteiger partial charge on any atom is 0.331 e. The predicted octanol–water partition coefficient (Wildman–Crippen LogP) is 3.42. The molecule has 0 aromatic carbocycles. The third-order valence-electron chi connectivity index (χ3n) is 6.39. The quantitative estimate of drug-likeness (QED) is 0.425. The summed E-state index contributed by atoms with van der Waals surface area (Å²) >= 11 is 0. The number of carboxylic acid groups (broad SMARTS) is 2. The predicted molar refractivity (Wildman–Crippen MR) is 95.4 cm³/mol. The lowest BCUT2D eigenvalue weighted by atomic mass is 9.54. The van der Waals surface area contributed by atoms with Crippen molar-refractivity contribution in [2.45, 2.75) is 59.5 Å². The average molecular weight is 364 g/mol. The molecule has 2 fully saturated rings. The number of rotatable bonds is 6. The maximum absolute atomic E-state index is 12.1. The molecular formula is C20H28O6. The minimum Gasteiger partial charge on any atom is -0.481 e. The van der Waals surface area contributed by atoms with Crippen LogP contribution in [0.25, 0.3) is 0 Å². The van der Waals surface area contributed by atoms with Crippen molar-refractivity contribution in [1.29, 1.82) is 0 Å². The summed E-state index contributed by atoms with van der Waals surface area (Å²) in [6, 6.07) is 0. The number of fused-ring (bicyclic) bond motifs is 1. The summed E-state index contributed by atoms with van der Waals surface area (Å²) in [6.45, 7) is 11.2. The van der Waals surface area contributed by atoms with Crippen molar-refractivity contribution < 1.29 is 29.3 Å². The highest BCUT2D eigenvalue weighted by Gasteiger charge is 2.58. The Bertz CT molecular complexity index is 676. The van der Waals surface area contributed by atoms with Crippen molar-refractivity contribution in [2.24, 2.45) is 23.2 Å². The number of hydrogen-bond donors (Lipinski definition) is 2. The van der Waals surface area contributed by atoms with Crippen molar-refractivity contribution >= 4 is 17.9 Å². The van der Waals surface area contributed by atoms with Crippen LogP contribution in [0.2, 0.25) is 0 Å². The average Bonchev–Trinajstić information content (AvgIpc) is 2.79.